The average Bonchev–Trinajstić information content (AvgIpc) is 2.84. The Morgan fingerprint density at radius 3 is 2.50 bits per heavy atom. The molecule has 1 nitrogen and oxygen atoms in total. The second-order valence-electron chi connectivity index (χ2n) is 4.43. The minimum atomic E-state index is 0.171. The van der Waals surface area contributed by atoms with Crippen molar-refractivity contribution in [1.82, 2.24) is 0 Å². The Labute approximate surface area is 90.3 Å². The maximum Gasteiger partial charge on any atom is 0.0446 e. The molecule has 2 rings (SSSR count). The molecule has 1 aromatic carbocycles. The SMILES string of the molecule is Cc1ccc(C2(C(C)N)CC2)c(Cl)c1. The van der Waals surface area contributed by atoms with Crippen LogP contribution in [0, 0.1) is 6.92 Å². The second-order valence-corrected chi connectivity index (χ2v) is 4.84. The van der Waals surface area contributed by atoms with Gasteiger partial charge in [-0.15, -0.1) is 0 Å². The summed E-state index contributed by atoms with van der Waals surface area (Å²) in [6, 6.07) is 6.47. The zero-order valence-electron chi connectivity index (χ0n) is 8.68. The van der Waals surface area contributed by atoms with Crippen LogP contribution in [0.4, 0.5) is 0 Å². The first-order valence-corrected chi connectivity index (χ1v) is 5.46. The molecule has 1 aliphatic carbocycles. The van der Waals surface area contributed by atoms with E-state index >= 15 is 0 Å². The van der Waals surface area contributed by atoms with E-state index < -0.39 is 0 Å². The molecule has 0 spiro atoms. The molecule has 1 atom stereocenters. The highest BCUT2D eigenvalue weighted by Crippen LogP contribution is 2.52. The van der Waals surface area contributed by atoms with Crippen molar-refractivity contribution in [3.63, 3.8) is 0 Å². The van der Waals surface area contributed by atoms with Gasteiger partial charge in [0.1, 0.15) is 0 Å². The van der Waals surface area contributed by atoms with Crippen LogP contribution in [0.1, 0.15) is 30.9 Å². The number of benzene rings is 1. The van der Waals surface area contributed by atoms with Gasteiger partial charge in [-0.2, -0.15) is 0 Å². The smallest absolute Gasteiger partial charge is 0.0446 e. The molecule has 0 amide bonds. The molecule has 2 heteroatoms. The molecule has 0 saturated heterocycles. The third-order valence-corrected chi connectivity index (χ3v) is 3.63. The largest absolute Gasteiger partial charge is 0.327 e. The third kappa shape index (κ3) is 1.45. The normalized spacial score (nSPS) is 20.6. The molecule has 1 fully saturated rings. The van der Waals surface area contributed by atoms with E-state index in [0.29, 0.717) is 0 Å². The van der Waals surface area contributed by atoms with Crippen LogP contribution in [0.5, 0.6) is 0 Å². The van der Waals surface area contributed by atoms with Crippen molar-refractivity contribution in [3.05, 3.63) is 34.3 Å². The molecule has 14 heavy (non-hydrogen) atoms. The summed E-state index contributed by atoms with van der Waals surface area (Å²) in [5.74, 6) is 0. The van der Waals surface area contributed by atoms with Crippen LogP contribution < -0.4 is 5.73 Å². The van der Waals surface area contributed by atoms with E-state index in [2.05, 4.69) is 26.0 Å². The van der Waals surface area contributed by atoms with Crippen molar-refractivity contribution >= 4 is 11.6 Å². The topological polar surface area (TPSA) is 26.0 Å². The number of nitrogens with two attached hydrogens (primary N) is 1. The highest BCUT2D eigenvalue weighted by atomic mass is 35.5. The van der Waals surface area contributed by atoms with Gasteiger partial charge in [-0.05, 0) is 43.9 Å². The summed E-state index contributed by atoms with van der Waals surface area (Å²) in [5.41, 5.74) is 8.63. The predicted molar refractivity (Wildman–Crippen MR) is 60.8 cm³/mol. The van der Waals surface area contributed by atoms with Gasteiger partial charge in [0.05, 0.1) is 0 Å². The molecule has 0 bridgehead atoms. The number of aryl methyl sites for hydroxylation is 1. The fourth-order valence-electron chi connectivity index (χ4n) is 2.13. The fraction of sp³-hybridized carbons (Fsp3) is 0.500. The lowest BCUT2D eigenvalue weighted by Crippen LogP contribution is -2.31. The molecule has 1 saturated carbocycles. The fourth-order valence-corrected chi connectivity index (χ4v) is 2.55. The molecule has 2 N–H and O–H groups in total. The lowest BCUT2D eigenvalue weighted by atomic mass is 9.89. The van der Waals surface area contributed by atoms with E-state index in [9.17, 15) is 0 Å². The summed E-state index contributed by atoms with van der Waals surface area (Å²) < 4.78 is 0. The summed E-state index contributed by atoms with van der Waals surface area (Å²) in [6.45, 7) is 4.13. The standard InChI is InChI=1S/C12H16ClN/c1-8-3-4-10(11(13)7-8)12(5-6-12)9(2)14/h3-4,7,9H,5-6,14H2,1-2H3. The third-order valence-electron chi connectivity index (χ3n) is 3.32. The Balaban J connectivity index is 2.42. The Morgan fingerprint density at radius 2 is 2.07 bits per heavy atom. The van der Waals surface area contributed by atoms with Crippen LogP contribution in [0.3, 0.4) is 0 Å². The van der Waals surface area contributed by atoms with Gasteiger partial charge in [0, 0.05) is 16.5 Å². The Hall–Kier alpha value is -0.530. The Bertz CT molecular complexity index is 353. The van der Waals surface area contributed by atoms with Gasteiger partial charge in [-0.25, -0.2) is 0 Å². The Kier molecular flexibility index (Phi) is 2.32. The quantitative estimate of drug-likeness (QED) is 0.796. The molecule has 76 valence electrons. The minimum absolute atomic E-state index is 0.171. The first-order chi connectivity index (χ1) is 6.56. The average molecular weight is 210 g/mol. The van der Waals surface area contributed by atoms with Crippen LogP contribution >= 0.6 is 11.6 Å². The summed E-state index contributed by atoms with van der Waals surface area (Å²) in [5, 5.41) is 0.875. The molecule has 0 radical (unpaired) electrons. The molecule has 1 unspecified atom stereocenters. The number of rotatable bonds is 2. The molecule has 0 heterocycles. The first kappa shape index (κ1) is 10.0. The van der Waals surface area contributed by atoms with Gasteiger partial charge in [-0.1, -0.05) is 23.7 Å². The van der Waals surface area contributed by atoms with E-state index in [-0.39, 0.29) is 11.5 Å². The van der Waals surface area contributed by atoms with Gasteiger partial charge in [-0.3, -0.25) is 0 Å². The van der Waals surface area contributed by atoms with Crippen LogP contribution in [-0.2, 0) is 5.41 Å². The molecule has 1 aromatic rings. The molecular formula is C12H16ClN. The van der Waals surface area contributed by atoms with E-state index in [4.69, 9.17) is 17.3 Å². The maximum absolute atomic E-state index is 6.24. The maximum atomic E-state index is 6.24. The highest BCUT2D eigenvalue weighted by Gasteiger charge is 2.48. The number of halogens is 1. The van der Waals surface area contributed by atoms with E-state index in [1.165, 1.54) is 24.0 Å². The highest BCUT2D eigenvalue weighted by molar-refractivity contribution is 6.31. The van der Waals surface area contributed by atoms with Gasteiger partial charge in [0.25, 0.3) is 0 Å². The Morgan fingerprint density at radius 1 is 1.43 bits per heavy atom. The summed E-state index contributed by atoms with van der Waals surface area (Å²) in [7, 11) is 0. The number of hydrogen-bond donors (Lipinski definition) is 1. The van der Waals surface area contributed by atoms with Gasteiger partial charge in [0.15, 0.2) is 0 Å². The van der Waals surface area contributed by atoms with Crippen LogP contribution in [0.2, 0.25) is 5.02 Å². The summed E-state index contributed by atoms with van der Waals surface area (Å²) >= 11 is 6.24. The summed E-state index contributed by atoms with van der Waals surface area (Å²) in [6.07, 6.45) is 2.35. The monoisotopic (exact) mass is 209 g/mol. The lowest BCUT2D eigenvalue weighted by Gasteiger charge is -2.21. The van der Waals surface area contributed by atoms with Crippen molar-refractivity contribution in [3.8, 4) is 0 Å². The zero-order chi connectivity index (χ0) is 10.3. The van der Waals surface area contributed by atoms with Crippen molar-refractivity contribution in [2.75, 3.05) is 0 Å². The molecule has 0 aliphatic heterocycles. The lowest BCUT2D eigenvalue weighted by molar-refractivity contribution is 0.557. The van der Waals surface area contributed by atoms with Crippen molar-refractivity contribution in [2.24, 2.45) is 5.73 Å². The predicted octanol–water partition coefficient (Wildman–Crippen LogP) is 3.03. The van der Waals surface area contributed by atoms with E-state index in [0.717, 1.165) is 5.02 Å². The van der Waals surface area contributed by atoms with E-state index in [1.807, 2.05) is 6.07 Å². The van der Waals surface area contributed by atoms with Gasteiger partial charge >= 0.3 is 0 Å². The van der Waals surface area contributed by atoms with Crippen molar-refractivity contribution in [2.45, 2.75) is 38.1 Å². The molecular weight excluding hydrogens is 194 g/mol. The van der Waals surface area contributed by atoms with E-state index in [1.54, 1.807) is 0 Å². The second kappa shape index (κ2) is 3.25. The minimum Gasteiger partial charge on any atom is -0.327 e. The van der Waals surface area contributed by atoms with Crippen LogP contribution in [0.15, 0.2) is 18.2 Å². The first-order valence-electron chi connectivity index (χ1n) is 5.08. The van der Waals surface area contributed by atoms with Crippen molar-refractivity contribution in [1.29, 1.82) is 0 Å². The number of hydrogen-bond acceptors (Lipinski definition) is 1. The van der Waals surface area contributed by atoms with Gasteiger partial charge < -0.3 is 5.73 Å². The van der Waals surface area contributed by atoms with Crippen LogP contribution in [0.25, 0.3) is 0 Å². The summed E-state index contributed by atoms with van der Waals surface area (Å²) in [4.78, 5) is 0. The van der Waals surface area contributed by atoms with Crippen LogP contribution in [-0.4, -0.2) is 6.04 Å². The van der Waals surface area contributed by atoms with Gasteiger partial charge in [0.2, 0.25) is 0 Å². The zero-order valence-corrected chi connectivity index (χ0v) is 9.43. The molecule has 1 aliphatic rings. The molecule has 0 aromatic heterocycles. The van der Waals surface area contributed by atoms with Crippen molar-refractivity contribution < 1.29 is 0 Å².